The Kier molecular flexibility index (Phi) is 6.13. The van der Waals surface area contributed by atoms with Gasteiger partial charge in [0.2, 0.25) is 0 Å². The van der Waals surface area contributed by atoms with Gasteiger partial charge >= 0.3 is 0 Å². The third-order valence-corrected chi connectivity index (χ3v) is 6.11. The molecule has 9 heteroatoms. The maximum absolute atomic E-state index is 13.1. The van der Waals surface area contributed by atoms with Crippen molar-refractivity contribution in [3.8, 4) is 0 Å². The lowest BCUT2D eigenvalue weighted by Gasteiger charge is -2.24. The number of benzene rings is 2. The van der Waals surface area contributed by atoms with E-state index in [1.165, 1.54) is 16.2 Å². The number of thiocarbonyl (C=S) groups is 1. The van der Waals surface area contributed by atoms with E-state index in [1.54, 1.807) is 66.0 Å². The molecule has 0 N–H and O–H groups in total. The largest absolute Gasteiger partial charge is 0.468 e. The van der Waals surface area contributed by atoms with E-state index in [0.29, 0.717) is 26.7 Å². The lowest BCUT2D eigenvalue weighted by molar-refractivity contribution is 0.0627. The molecule has 0 atom stereocenters. The van der Waals surface area contributed by atoms with E-state index in [-0.39, 0.29) is 36.0 Å². The van der Waals surface area contributed by atoms with Crippen molar-refractivity contribution in [2.75, 3.05) is 18.1 Å². The van der Waals surface area contributed by atoms with Crippen molar-refractivity contribution in [2.45, 2.75) is 0 Å². The summed E-state index contributed by atoms with van der Waals surface area (Å²) in [6, 6.07) is 16.9. The first-order valence-electron chi connectivity index (χ1n) is 9.23. The number of halogens is 1. The predicted octanol–water partition coefficient (Wildman–Crippen LogP) is 4.65. The van der Waals surface area contributed by atoms with E-state index in [1.807, 2.05) is 0 Å². The number of hydrogen-bond donors (Lipinski definition) is 0. The van der Waals surface area contributed by atoms with Crippen LogP contribution in [0.5, 0.6) is 0 Å². The van der Waals surface area contributed by atoms with Crippen LogP contribution in [0, 0.1) is 0 Å². The van der Waals surface area contributed by atoms with E-state index in [4.69, 9.17) is 28.6 Å². The molecule has 3 aromatic rings. The average molecular weight is 471 g/mol. The molecular formula is C22H15ClN2O4S2. The van der Waals surface area contributed by atoms with Gasteiger partial charge in [0.05, 0.1) is 33.3 Å². The fraction of sp³-hybridized carbons (Fsp3) is 0.0909. The first-order valence-corrected chi connectivity index (χ1v) is 10.9. The highest BCUT2D eigenvalue weighted by Crippen LogP contribution is 2.28. The summed E-state index contributed by atoms with van der Waals surface area (Å²) >= 11 is 12.9. The SMILES string of the molecule is O=C1c2ccccc2C(=O)N1CCOC(=S)N(C(=O)c1cccs1)c1ccccc1Cl. The van der Waals surface area contributed by atoms with Gasteiger partial charge in [0, 0.05) is 0 Å². The molecule has 6 nitrogen and oxygen atoms in total. The first kappa shape index (κ1) is 21.2. The molecule has 4 rings (SSSR count). The molecule has 0 spiro atoms. The van der Waals surface area contributed by atoms with Crippen LogP contribution in [0.3, 0.4) is 0 Å². The summed E-state index contributed by atoms with van der Waals surface area (Å²) < 4.78 is 5.63. The Balaban J connectivity index is 1.49. The van der Waals surface area contributed by atoms with Crippen molar-refractivity contribution in [1.29, 1.82) is 0 Å². The highest BCUT2D eigenvalue weighted by Gasteiger charge is 2.35. The summed E-state index contributed by atoms with van der Waals surface area (Å²) in [4.78, 5) is 40.8. The Morgan fingerprint density at radius 1 is 1.00 bits per heavy atom. The minimum absolute atomic E-state index is 0.00393. The van der Waals surface area contributed by atoms with Crippen molar-refractivity contribution in [3.63, 3.8) is 0 Å². The summed E-state index contributed by atoms with van der Waals surface area (Å²) in [5.41, 5.74) is 1.11. The summed E-state index contributed by atoms with van der Waals surface area (Å²) in [5.74, 6) is -1.14. The highest BCUT2D eigenvalue weighted by atomic mass is 35.5. The Bertz CT molecular complexity index is 1140. The smallest absolute Gasteiger partial charge is 0.275 e. The molecule has 0 aliphatic carbocycles. The van der Waals surface area contributed by atoms with Gasteiger partial charge in [-0.15, -0.1) is 11.3 Å². The lowest BCUT2D eigenvalue weighted by atomic mass is 10.1. The molecule has 0 saturated heterocycles. The van der Waals surface area contributed by atoms with Gasteiger partial charge in [-0.3, -0.25) is 19.3 Å². The van der Waals surface area contributed by atoms with E-state index in [2.05, 4.69) is 0 Å². The number of hydrogen-bond acceptors (Lipinski definition) is 6. The number of anilines is 1. The van der Waals surface area contributed by atoms with Gasteiger partial charge in [0.1, 0.15) is 6.61 Å². The van der Waals surface area contributed by atoms with Crippen LogP contribution in [0.15, 0.2) is 66.0 Å². The van der Waals surface area contributed by atoms with Gasteiger partial charge in [-0.25, -0.2) is 4.90 Å². The van der Waals surface area contributed by atoms with E-state index in [9.17, 15) is 14.4 Å². The molecule has 0 saturated carbocycles. The fourth-order valence-electron chi connectivity index (χ4n) is 3.17. The molecule has 1 aliphatic rings. The van der Waals surface area contributed by atoms with Crippen LogP contribution in [-0.2, 0) is 4.74 Å². The number of fused-ring (bicyclic) bond motifs is 1. The summed E-state index contributed by atoms with van der Waals surface area (Å²) in [5, 5.41) is 1.99. The van der Waals surface area contributed by atoms with Gasteiger partial charge in [-0.2, -0.15) is 0 Å². The third kappa shape index (κ3) is 4.10. The number of ether oxygens (including phenoxy) is 1. The summed E-state index contributed by atoms with van der Waals surface area (Å²) in [7, 11) is 0. The molecule has 1 aromatic heterocycles. The van der Waals surface area contributed by atoms with Crippen molar-refractivity contribution < 1.29 is 19.1 Å². The highest BCUT2D eigenvalue weighted by molar-refractivity contribution is 7.80. The monoisotopic (exact) mass is 470 g/mol. The summed E-state index contributed by atoms with van der Waals surface area (Å²) in [6.45, 7) is -0.0704. The number of nitrogens with zero attached hydrogens (tertiary/aromatic N) is 2. The van der Waals surface area contributed by atoms with Crippen molar-refractivity contribution >= 4 is 63.7 Å². The number of carbonyl (C=O) groups is 3. The average Bonchev–Trinajstić information content (AvgIpc) is 3.39. The van der Waals surface area contributed by atoms with Crippen LogP contribution in [-0.4, -0.2) is 40.9 Å². The Hall–Kier alpha value is -3.07. The molecule has 1 aliphatic heterocycles. The van der Waals surface area contributed by atoms with Crippen LogP contribution in [0.4, 0.5) is 5.69 Å². The van der Waals surface area contributed by atoms with Crippen molar-refractivity contribution in [2.24, 2.45) is 0 Å². The molecule has 2 heterocycles. The molecule has 31 heavy (non-hydrogen) atoms. The quantitative estimate of drug-likeness (QED) is 0.401. The topological polar surface area (TPSA) is 66.9 Å². The number of rotatable bonds is 5. The number of amides is 3. The molecule has 0 fully saturated rings. The molecule has 0 radical (unpaired) electrons. The number of carbonyl (C=O) groups excluding carboxylic acids is 3. The molecule has 0 unspecified atom stereocenters. The maximum Gasteiger partial charge on any atom is 0.275 e. The standard InChI is InChI=1S/C22H15ClN2O4S2/c23-16-8-3-4-9-17(16)25(21(28)18-10-5-13-31-18)22(30)29-12-11-24-19(26)14-6-1-2-7-15(14)20(24)27/h1-10,13H,11-12H2. The van der Waals surface area contributed by atoms with E-state index in [0.717, 1.165) is 4.90 Å². The Morgan fingerprint density at radius 2 is 1.65 bits per heavy atom. The Labute approximate surface area is 192 Å². The van der Waals surface area contributed by atoms with Gasteiger partial charge in [-0.05, 0) is 47.9 Å². The van der Waals surface area contributed by atoms with Crippen molar-refractivity contribution in [1.82, 2.24) is 4.90 Å². The molecule has 2 aromatic carbocycles. The zero-order chi connectivity index (χ0) is 22.0. The van der Waals surface area contributed by atoms with Crippen LogP contribution in [0.25, 0.3) is 0 Å². The summed E-state index contributed by atoms with van der Waals surface area (Å²) in [6.07, 6.45) is 0. The Morgan fingerprint density at radius 3 is 2.26 bits per heavy atom. The van der Waals surface area contributed by atoms with E-state index >= 15 is 0 Å². The molecule has 3 amide bonds. The molecule has 156 valence electrons. The van der Waals surface area contributed by atoms with Crippen LogP contribution >= 0.6 is 35.2 Å². The minimum Gasteiger partial charge on any atom is -0.468 e. The minimum atomic E-state index is -0.382. The first-order chi connectivity index (χ1) is 15.0. The number of para-hydroxylation sites is 1. The zero-order valence-electron chi connectivity index (χ0n) is 16.0. The van der Waals surface area contributed by atoms with Crippen LogP contribution < -0.4 is 4.90 Å². The third-order valence-electron chi connectivity index (χ3n) is 4.63. The van der Waals surface area contributed by atoms with Crippen LogP contribution in [0.1, 0.15) is 30.4 Å². The van der Waals surface area contributed by atoms with E-state index < -0.39 is 0 Å². The normalized spacial score (nSPS) is 12.6. The molecular weight excluding hydrogens is 456 g/mol. The second-order valence-electron chi connectivity index (χ2n) is 6.49. The second kappa shape index (κ2) is 8.97. The van der Waals surface area contributed by atoms with Crippen molar-refractivity contribution in [3.05, 3.63) is 87.1 Å². The zero-order valence-corrected chi connectivity index (χ0v) is 18.4. The van der Waals surface area contributed by atoms with Gasteiger partial charge in [0.25, 0.3) is 22.9 Å². The van der Waals surface area contributed by atoms with Gasteiger partial charge in [0.15, 0.2) is 0 Å². The van der Waals surface area contributed by atoms with Gasteiger partial charge < -0.3 is 4.74 Å². The van der Waals surface area contributed by atoms with Gasteiger partial charge in [-0.1, -0.05) is 41.9 Å². The molecule has 0 bridgehead atoms. The number of thiophene rings is 1. The predicted molar refractivity (Wildman–Crippen MR) is 123 cm³/mol. The fourth-order valence-corrected chi connectivity index (χ4v) is 4.30. The second-order valence-corrected chi connectivity index (χ2v) is 8.20. The van der Waals surface area contributed by atoms with Crippen LogP contribution in [0.2, 0.25) is 5.02 Å². The lowest BCUT2D eigenvalue weighted by Crippen LogP contribution is -2.39. The number of imide groups is 1. The maximum atomic E-state index is 13.1.